The minimum atomic E-state index is -0.525. The van der Waals surface area contributed by atoms with E-state index in [1.54, 1.807) is 11.8 Å². The molecule has 1 fully saturated rings. The van der Waals surface area contributed by atoms with Gasteiger partial charge in [0.15, 0.2) is 0 Å². The number of nitrogens with one attached hydrogen (secondary N) is 3. The van der Waals surface area contributed by atoms with Crippen LogP contribution in [0.25, 0.3) is 0 Å². The molecule has 1 aliphatic rings. The first-order valence-electron chi connectivity index (χ1n) is 6.72. The van der Waals surface area contributed by atoms with Crippen LogP contribution in [0, 0.1) is 5.82 Å². The number of hydrogen-bond donors (Lipinski definition) is 3. The van der Waals surface area contributed by atoms with Gasteiger partial charge in [-0.2, -0.15) is 11.8 Å². The minimum absolute atomic E-state index is 0.0784. The third kappa shape index (κ3) is 5.02. The molecule has 0 spiro atoms. The number of carbonyl (C=O) groups is 2. The molecule has 2 rings (SSSR count). The molecule has 1 saturated heterocycles. The molecule has 0 saturated carbocycles. The lowest BCUT2D eigenvalue weighted by Gasteiger charge is -2.22. The van der Waals surface area contributed by atoms with E-state index in [9.17, 15) is 14.0 Å². The lowest BCUT2D eigenvalue weighted by Crippen LogP contribution is -2.39. The predicted octanol–water partition coefficient (Wildman–Crippen LogP) is 1.82. The van der Waals surface area contributed by atoms with Crippen LogP contribution in [0.5, 0.6) is 0 Å². The molecule has 3 N–H and O–H groups in total. The number of carbonyl (C=O) groups excluding carboxylic acids is 2. The highest BCUT2D eigenvalue weighted by Crippen LogP contribution is 2.20. The highest BCUT2D eigenvalue weighted by molar-refractivity contribution is 7.99. The molecule has 1 unspecified atom stereocenters. The zero-order chi connectivity index (χ0) is 15.2. The maximum Gasteiger partial charge on any atom is 0.226 e. The molecule has 7 heteroatoms. The van der Waals surface area contributed by atoms with E-state index < -0.39 is 5.82 Å². The van der Waals surface area contributed by atoms with E-state index in [2.05, 4.69) is 16.0 Å². The summed E-state index contributed by atoms with van der Waals surface area (Å²) in [6.07, 6.45) is 0.302. The second-order valence-electron chi connectivity index (χ2n) is 4.85. The van der Waals surface area contributed by atoms with Crippen molar-refractivity contribution in [1.29, 1.82) is 0 Å². The quantitative estimate of drug-likeness (QED) is 0.793. The van der Waals surface area contributed by atoms with Gasteiger partial charge in [0, 0.05) is 43.1 Å². The second-order valence-corrected chi connectivity index (χ2v) is 6.00. The average Bonchev–Trinajstić information content (AvgIpc) is 2.43. The summed E-state index contributed by atoms with van der Waals surface area (Å²) in [6, 6.07) is 4.20. The van der Waals surface area contributed by atoms with Gasteiger partial charge < -0.3 is 16.0 Å². The van der Waals surface area contributed by atoms with E-state index in [4.69, 9.17) is 0 Å². The average molecular weight is 311 g/mol. The van der Waals surface area contributed by atoms with Crippen LogP contribution in [-0.4, -0.2) is 35.9 Å². The van der Waals surface area contributed by atoms with Crippen LogP contribution in [0.4, 0.5) is 15.8 Å². The predicted molar refractivity (Wildman–Crippen MR) is 83.1 cm³/mol. The molecule has 1 aromatic rings. The summed E-state index contributed by atoms with van der Waals surface area (Å²) < 4.78 is 13.7. The van der Waals surface area contributed by atoms with E-state index in [0.29, 0.717) is 12.1 Å². The maximum absolute atomic E-state index is 13.7. The molecule has 1 aromatic carbocycles. The first-order chi connectivity index (χ1) is 10.0. The van der Waals surface area contributed by atoms with Gasteiger partial charge in [0.05, 0.1) is 5.69 Å². The SMILES string of the molecule is CC(=O)Nc1ccc(F)c(NC(=O)CC2CSCCN2)c1. The molecule has 21 heavy (non-hydrogen) atoms. The number of anilines is 2. The van der Waals surface area contributed by atoms with Crippen LogP contribution < -0.4 is 16.0 Å². The van der Waals surface area contributed by atoms with Crippen molar-refractivity contribution in [2.75, 3.05) is 28.7 Å². The molecule has 2 amide bonds. The standard InChI is InChI=1S/C14H18FN3O2S/c1-9(19)17-10-2-3-12(15)13(6-10)18-14(20)7-11-8-21-5-4-16-11/h2-3,6,11,16H,4-5,7-8H2,1H3,(H,17,19)(H,18,20). The summed E-state index contributed by atoms with van der Waals surface area (Å²) in [5, 5.41) is 8.37. The monoisotopic (exact) mass is 311 g/mol. The Labute approximate surface area is 127 Å². The lowest BCUT2D eigenvalue weighted by molar-refractivity contribution is -0.116. The number of halogens is 1. The molecule has 0 bridgehead atoms. The second kappa shape index (κ2) is 7.42. The Morgan fingerprint density at radius 1 is 1.43 bits per heavy atom. The molecular formula is C14H18FN3O2S. The Hall–Kier alpha value is -1.60. The highest BCUT2D eigenvalue weighted by Gasteiger charge is 2.17. The Balaban J connectivity index is 1.97. The summed E-state index contributed by atoms with van der Waals surface area (Å²) >= 11 is 1.80. The van der Waals surface area contributed by atoms with Gasteiger partial charge in [0.2, 0.25) is 11.8 Å². The molecule has 0 radical (unpaired) electrons. The fraction of sp³-hybridized carbons (Fsp3) is 0.429. The number of rotatable bonds is 4. The normalized spacial score (nSPS) is 18.1. The summed E-state index contributed by atoms with van der Waals surface area (Å²) in [4.78, 5) is 22.9. The van der Waals surface area contributed by atoms with Crippen molar-refractivity contribution in [3.63, 3.8) is 0 Å². The topological polar surface area (TPSA) is 70.2 Å². The maximum atomic E-state index is 13.7. The molecule has 5 nitrogen and oxygen atoms in total. The third-order valence-electron chi connectivity index (χ3n) is 2.99. The molecule has 0 aliphatic carbocycles. The Morgan fingerprint density at radius 3 is 2.90 bits per heavy atom. The van der Waals surface area contributed by atoms with Crippen molar-refractivity contribution >= 4 is 35.0 Å². The molecule has 114 valence electrons. The van der Waals surface area contributed by atoms with Crippen LogP contribution in [0.15, 0.2) is 18.2 Å². The number of thioether (sulfide) groups is 1. The fourth-order valence-corrected chi connectivity index (χ4v) is 3.03. The van der Waals surface area contributed by atoms with Gasteiger partial charge in [-0.3, -0.25) is 9.59 Å². The third-order valence-corrected chi connectivity index (χ3v) is 4.12. The van der Waals surface area contributed by atoms with Crippen LogP contribution >= 0.6 is 11.8 Å². The zero-order valence-electron chi connectivity index (χ0n) is 11.7. The van der Waals surface area contributed by atoms with Crippen molar-refractivity contribution in [2.24, 2.45) is 0 Å². The largest absolute Gasteiger partial charge is 0.326 e. The van der Waals surface area contributed by atoms with Crippen LogP contribution in [0.3, 0.4) is 0 Å². The Morgan fingerprint density at radius 2 is 2.24 bits per heavy atom. The van der Waals surface area contributed by atoms with Gasteiger partial charge >= 0.3 is 0 Å². The van der Waals surface area contributed by atoms with Gasteiger partial charge in [-0.1, -0.05) is 0 Å². The zero-order valence-corrected chi connectivity index (χ0v) is 12.6. The van der Waals surface area contributed by atoms with Crippen LogP contribution in [-0.2, 0) is 9.59 Å². The van der Waals surface area contributed by atoms with Crippen molar-refractivity contribution in [2.45, 2.75) is 19.4 Å². The van der Waals surface area contributed by atoms with E-state index in [0.717, 1.165) is 18.1 Å². The van der Waals surface area contributed by atoms with E-state index >= 15 is 0 Å². The Kier molecular flexibility index (Phi) is 5.58. The fourth-order valence-electron chi connectivity index (χ4n) is 2.08. The van der Waals surface area contributed by atoms with Crippen molar-refractivity contribution in [1.82, 2.24) is 5.32 Å². The summed E-state index contributed by atoms with van der Waals surface area (Å²) in [5.41, 5.74) is 0.528. The molecule has 1 aliphatic heterocycles. The van der Waals surface area contributed by atoms with Gasteiger partial charge in [-0.15, -0.1) is 0 Å². The highest BCUT2D eigenvalue weighted by atomic mass is 32.2. The summed E-state index contributed by atoms with van der Waals surface area (Å²) in [6.45, 7) is 2.25. The number of benzene rings is 1. The smallest absolute Gasteiger partial charge is 0.226 e. The van der Waals surface area contributed by atoms with Crippen molar-refractivity contribution in [3.8, 4) is 0 Å². The molecule has 1 heterocycles. The van der Waals surface area contributed by atoms with Gasteiger partial charge in [-0.05, 0) is 18.2 Å². The van der Waals surface area contributed by atoms with Crippen molar-refractivity contribution < 1.29 is 14.0 Å². The van der Waals surface area contributed by atoms with Gasteiger partial charge in [0.1, 0.15) is 5.82 Å². The first-order valence-corrected chi connectivity index (χ1v) is 7.88. The number of amides is 2. The van der Waals surface area contributed by atoms with Crippen LogP contribution in [0.2, 0.25) is 0 Å². The van der Waals surface area contributed by atoms with Crippen LogP contribution in [0.1, 0.15) is 13.3 Å². The van der Waals surface area contributed by atoms with E-state index in [1.165, 1.54) is 25.1 Å². The molecule has 1 atom stereocenters. The molecular weight excluding hydrogens is 293 g/mol. The molecule has 0 aromatic heterocycles. The summed E-state index contributed by atoms with van der Waals surface area (Å²) in [7, 11) is 0. The first kappa shape index (κ1) is 15.8. The Bertz CT molecular complexity index is 533. The van der Waals surface area contributed by atoms with Gasteiger partial charge in [0.25, 0.3) is 0 Å². The number of hydrogen-bond acceptors (Lipinski definition) is 4. The van der Waals surface area contributed by atoms with Gasteiger partial charge in [-0.25, -0.2) is 4.39 Å². The van der Waals surface area contributed by atoms with E-state index in [-0.39, 0.29) is 23.5 Å². The summed E-state index contributed by atoms with van der Waals surface area (Å²) in [5.74, 6) is 0.910. The lowest BCUT2D eigenvalue weighted by atomic mass is 10.2. The minimum Gasteiger partial charge on any atom is -0.326 e. The van der Waals surface area contributed by atoms with E-state index in [1.807, 2.05) is 0 Å². The van der Waals surface area contributed by atoms with Crippen molar-refractivity contribution in [3.05, 3.63) is 24.0 Å².